The lowest BCUT2D eigenvalue weighted by Gasteiger charge is -2.05. The monoisotopic (exact) mass is 309 g/mol. The molecule has 2 aromatic rings. The zero-order valence-corrected chi connectivity index (χ0v) is 11.4. The Morgan fingerprint density at radius 1 is 1.56 bits per heavy atom. The normalized spacial score (nSPS) is 10.3. The molecule has 0 atom stereocenters. The second-order valence-electron chi connectivity index (χ2n) is 3.70. The number of rotatable bonds is 4. The Kier molecular flexibility index (Phi) is 4.03. The standard InChI is InChI=1S/C11H12BrN5O/c1-17-7-15-16-9(17)4-6-14-11(18)10-8(12)3-2-5-13-10/h2-3,5,7H,4,6H2,1H3,(H,14,18). The maximum Gasteiger partial charge on any atom is 0.271 e. The number of carbonyl (C=O) groups is 1. The summed E-state index contributed by atoms with van der Waals surface area (Å²) in [7, 11) is 1.87. The molecule has 0 bridgehead atoms. The maximum absolute atomic E-state index is 11.8. The minimum atomic E-state index is -0.204. The molecule has 7 heteroatoms. The summed E-state index contributed by atoms with van der Waals surface area (Å²) in [5.74, 6) is 0.625. The van der Waals surface area contributed by atoms with Crippen LogP contribution in [0.2, 0.25) is 0 Å². The van der Waals surface area contributed by atoms with E-state index >= 15 is 0 Å². The molecule has 2 aromatic heterocycles. The quantitative estimate of drug-likeness (QED) is 0.912. The third kappa shape index (κ3) is 2.92. The van der Waals surface area contributed by atoms with Crippen LogP contribution < -0.4 is 5.32 Å². The molecule has 0 fully saturated rings. The van der Waals surface area contributed by atoms with Crippen LogP contribution in [-0.2, 0) is 13.5 Å². The van der Waals surface area contributed by atoms with E-state index in [1.54, 1.807) is 24.7 Å². The van der Waals surface area contributed by atoms with Crippen LogP contribution in [0.1, 0.15) is 16.3 Å². The highest BCUT2D eigenvalue weighted by molar-refractivity contribution is 9.10. The molecule has 0 saturated carbocycles. The molecule has 0 spiro atoms. The second-order valence-corrected chi connectivity index (χ2v) is 4.55. The van der Waals surface area contributed by atoms with E-state index in [2.05, 4.69) is 36.4 Å². The average molecular weight is 310 g/mol. The first-order valence-electron chi connectivity index (χ1n) is 5.40. The predicted molar refractivity (Wildman–Crippen MR) is 69.0 cm³/mol. The van der Waals surface area contributed by atoms with Crippen LogP contribution in [0.15, 0.2) is 29.1 Å². The zero-order chi connectivity index (χ0) is 13.0. The maximum atomic E-state index is 11.8. The molecule has 18 heavy (non-hydrogen) atoms. The Labute approximate surface area is 113 Å². The Morgan fingerprint density at radius 3 is 3.06 bits per heavy atom. The van der Waals surface area contributed by atoms with Crippen molar-refractivity contribution in [3.63, 3.8) is 0 Å². The lowest BCUT2D eigenvalue weighted by Crippen LogP contribution is -2.27. The molecule has 94 valence electrons. The van der Waals surface area contributed by atoms with E-state index in [0.717, 1.165) is 5.82 Å². The molecule has 0 radical (unpaired) electrons. The summed E-state index contributed by atoms with van der Waals surface area (Å²) < 4.78 is 2.50. The SMILES string of the molecule is Cn1cnnc1CCNC(=O)c1ncccc1Br. The number of hydrogen-bond donors (Lipinski definition) is 1. The minimum Gasteiger partial charge on any atom is -0.350 e. The Hall–Kier alpha value is -1.76. The van der Waals surface area contributed by atoms with Gasteiger partial charge in [-0.3, -0.25) is 4.79 Å². The van der Waals surface area contributed by atoms with Crippen LogP contribution in [0.25, 0.3) is 0 Å². The van der Waals surface area contributed by atoms with Gasteiger partial charge in [-0.25, -0.2) is 4.98 Å². The van der Waals surface area contributed by atoms with Crippen molar-refractivity contribution < 1.29 is 4.79 Å². The lowest BCUT2D eigenvalue weighted by molar-refractivity contribution is 0.0948. The fourth-order valence-electron chi connectivity index (χ4n) is 1.46. The van der Waals surface area contributed by atoms with Gasteiger partial charge in [-0.2, -0.15) is 0 Å². The summed E-state index contributed by atoms with van der Waals surface area (Å²) >= 11 is 3.29. The Morgan fingerprint density at radius 2 is 2.39 bits per heavy atom. The van der Waals surface area contributed by atoms with E-state index in [4.69, 9.17) is 0 Å². The summed E-state index contributed by atoms with van der Waals surface area (Å²) in [5.41, 5.74) is 0.385. The summed E-state index contributed by atoms with van der Waals surface area (Å²) in [6.45, 7) is 0.494. The topological polar surface area (TPSA) is 72.7 Å². The van der Waals surface area contributed by atoms with E-state index < -0.39 is 0 Å². The highest BCUT2D eigenvalue weighted by Crippen LogP contribution is 2.12. The average Bonchev–Trinajstić information content (AvgIpc) is 2.75. The summed E-state index contributed by atoms with van der Waals surface area (Å²) in [6.07, 6.45) is 3.85. The third-order valence-electron chi connectivity index (χ3n) is 2.41. The molecule has 2 heterocycles. The van der Waals surface area contributed by atoms with Gasteiger partial charge < -0.3 is 9.88 Å². The number of halogens is 1. The van der Waals surface area contributed by atoms with Gasteiger partial charge in [-0.1, -0.05) is 0 Å². The summed E-state index contributed by atoms with van der Waals surface area (Å²) in [6, 6.07) is 3.55. The number of nitrogens with one attached hydrogen (secondary N) is 1. The van der Waals surface area contributed by atoms with Crippen LogP contribution in [0.4, 0.5) is 0 Å². The number of aromatic nitrogens is 4. The highest BCUT2D eigenvalue weighted by atomic mass is 79.9. The van der Waals surface area contributed by atoms with Gasteiger partial charge in [0, 0.05) is 30.7 Å². The predicted octanol–water partition coefficient (Wildman–Crippen LogP) is 0.945. The van der Waals surface area contributed by atoms with Crippen molar-refractivity contribution in [3.8, 4) is 0 Å². The molecular weight excluding hydrogens is 298 g/mol. The fourth-order valence-corrected chi connectivity index (χ4v) is 1.89. The smallest absolute Gasteiger partial charge is 0.271 e. The summed E-state index contributed by atoms with van der Waals surface area (Å²) in [4.78, 5) is 15.9. The number of nitrogens with zero attached hydrogens (tertiary/aromatic N) is 4. The minimum absolute atomic E-state index is 0.204. The highest BCUT2D eigenvalue weighted by Gasteiger charge is 2.10. The molecule has 1 amide bonds. The van der Waals surface area contributed by atoms with Crippen molar-refractivity contribution in [2.45, 2.75) is 6.42 Å². The van der Waals surface area contributed by atoms with Gasteiger partial charge in [0.2, 0.25) is 0 Å². The van der Waals surface area contributed by atoms with Crippen molar-refractivity contribution in [3.05, 3.63) is 40.6 Å². The number of carbonyl (C=O) groups excluding carboxylic acids is 1. The Balaban J connectivity index is 1.90. The number of amides is 1. The largest absolute Gasteiger partial charge is 0.350 e. The van der Waals surface area contributed by atoms with E-state index in [0.29, 0.717) is 23.1 Å². The van der Waals surface area contributed by atoms with Crippen LogP contribution in [0.5, 0.6) is 0 Å². The number of aryl methyl sites for hydroxylation is 1. The van der Waals surface area contributed by atoms with E-state index in [-0.39, 0.29) is 5.91 Å². The molecule has 6 nitrogen and oxygen atoms in total. The molecule has 0 aliphatic carbocycles. The van der Waals surface area contributed by atoms with Gasteiger partial charge in [0.15, 0.2) is 0 Å². The molecule has 0 aliphatic heterocycles. The van der Waals surface area contributed by atoms with Gasteiger partial charge >= 0.3 is 0 Å². The van der Waals surface area contributed by atoms with Crippen molar-refractivity contribution in [1.29, 1.82) is 0 Å². The van der Waals surface area contributed by atoms with Gasteiger partial charge in [-0.15, -0.1) is 10.2 Å². The number of pyridine rings is 1. The van der Waals surface area contributed by atoms with Crippen molar-refractivity contribution in [1.82, 2.24) is 25.1 Å². The van der Waals surface area contributed by atoms with Gasteiger partial charge in [-0.05, 0) is 28.1 Å². The van der Waals surface area contributed by atoms with Crippen LogP contribution >= 0.6 is 15.9 Å². The summed E-state index contributed by atoms with van der Waals surface area (Å²) in [5, 5.41) is 10.5. The van der Waals surface area contributed by atoms with Crippen LogP contribution in [-0.4, -0.2) is 32.2 Å². The molecule has 2 rings (SSSR count). The first-order valence-corrected chi connectivity index (χ1v) is 6.19. The zero-order valence-electron chi connectivity index (χ0n) is 9.80. The molecule has 0 aliphatic rings. The second kappa shape index (κ2) is 5.72. The van der Waals surface area contributed by atoms with E-state index in [9.17, 15) is 4.79 Å². The molecule has 0 unspecified atom stereocenters. The molecular formula is C11H12BrN5O. The first kappa shape index (κ1) is 12.7. The van der Waals surface area contributed by atoms with Gasteiger partial charge in [0.1, 0.15) is 17.8 Å². The lowest BCUT2D eigenvalue weighted by atomic mass is 10.3. The van der Waals surface area contributed by atoms with Crippen LogP contribution in [0, 0.1) is 0 Å². The third-order valence-corrected chi connectivity index (χ3v) is 3.05. The van der Waals surface area contributed by atoms with Gasteiger partial charge in [0.25, 0.3) is 5.91 Å². The fraction of sp³-hybridized carbons (Fsp3) is 0.273. The van der Waals surface area contributed by atoms with E-state index in [1.807, 2.05) is 11.6 Å². The van der Waals surface area contributed by atoms with Gasteiger partial charge in [0.05, 0.1) is 0 Å². The van der Waals surface area contributed by atoms with Crippen LogP contribution in [0.3, 0.4) is 0 Å². The Bertz CT molecular complexity index is 554. The first-order chi connectivity index (χ1) is 8.68. The van der Waals surface area contributed by atoms with Crippen molar-refractivity contribution in [2.24, 2.45) is 7.05 Å². The molecule has 0 aromatic carbocycles. The molecule has 0 saturated heterocycles. The van der Waals surface area contributed by atoms with E-state index in [1.165, 1.54) is 0 Å². The van der Waals surface area contributed by atoms with Crippen molar-refractivity contribution in [2.75, 3.05) is 6.54 Å². The van der Waals surface area contributed by atoms with Crippen molar-refractivity contribution >= 4 is 21.8 Å². The molecule has 1 N–H and O–H groups in total. The number of hydrogen-bond acceptors (Lipinski definition) is 4.